The van der Waals surface area contributed by atoms with Crippen molar-refractivity contribution in [3.8, 4) is 0 Å². The van der Waals surface area contributed by atoms with Gasteiger partial charge in [0.2, 0.25) is 11.8 Å². The molecule has 2 atom stereocenters. The number of hydrogen-bond donors (Lipinski definition) is 1. The molecule has 3 aromatic rings. The van der Waals surface area contributed by atoms with E-state index in [0.29, 0.717) is 21.5 Å². The van der Waals surface area contributed by atoms with E-state index in [-0.39, 0.29) is 35.3 Å². The van der Waals surface area contributed by atoms with E-state index in [0.717, 1.165) is 12.8 Å². The van der Waals surface area contributed by atoms with Crippen LogP contribution in [0.2, 0.25) is 5.02 Å². The molecule has 0 unspecified atom stereocenters. The molecule has 2 aromatic carbocycles. The van der Waals surface area contributed by atoms with Crippen LogP contribution in [0.4, 0.5) is 0 Å². The van der Waals surface area contributed by atoms with Gasteiger partial charge in [-0.3, -0.25) is 19.4 Å². The van der Waals surface area contributed by atoms with Gasteiger partial charge in [0.1, 0.15) is 11.4 Å². The lowest BCUT2D eigenvalue weighted by Crippen LogP contribution is -2.49. The number of nitrogens with one attached hydrogen (secondary N) is 1. The minimum atomic E-state index is -4.26. The molecule has 1 N–H and O–H groups in total. The van der Waals surface area contributed by atoms with Crippen molar-refractivity contribution in [2.45, 2.75) is 36.4 Å². The number of carbonyl (C=O) groups is 3. The highest BCUT2D eigenvalue weighted by atomic mass is 35.5. The van der Waals surface area contributed by atoms with Gasteiger partial charge in [0.25, 0.3) is 15.9 Å². The third kappa shape index (κ3) is 5.58. The first kappa shape index (κ1) is 27.8. The van der Waals surface area contributed by atoms with E-state index in [1.807, 2.05) is 0 Å². The first-order chi connectivity index (χ1) is 19.3. The molecule has 0 aliphatic carbocycles. The van der Waals surface area contributed by atoms with Crippen molar-refractivity contribution < 1.29 is 27.5 Å². The van der Waals surface area contributed by atoms with E-state index in [9.17, 15) is 22.8 Å². The Kier molecular flexibility index (Phi) is 8.15. The average Bonchev–Trinajstić information content (AvgIpc) is 3.55. The predicted molar refractivity (Wildman–Crippen MR) is 146 cm³/mol. The molecule has 12 heteroatoms. The molecule has 1 saturated heterocycles. The standard InChI is InChI=1S/C28H27ClN4O6S/c29-22-11-3-1-8-19(22)17-32(25(34)18-33-28(36)21-10-2-4-13-24(21)40(33,37)38)26(23-12-5-6-14-30-23)27(35)31-16-20-9-7-15-39-20/h1-6,8,10-14,20,26H,7,9,15-18H2,(H,31,35)/t20-,26+/m1/s1. The third-order valence-electron chi connectivity index (χ3n) is 6.87. The molecule has 3 heterocycles. The van der Waals surface area contributed by atoms with E-state index in [1.165, 1.54) is 29.3 Å². The Bertz CT molecular complexity index is 1530. The number of hydrogen-bond acceptors (Lipinski definition) is 7. The van der Waals surface area contributed by atoms with Gasteiger partial charge in [-0.1, -0.05) is 48.0 Å². The quantitative estimate of drug-likeness (QED) is 0.411. The zero-order chi connectivity index (χ0) is 28.3. The largest absolute Gasteiger partial charge is 0.376 e. The maximum Gasteiger partial charge on any atom is 0.269 e. The van der Waals surface area contributed by atoms with Crippen LogP contribution in [0.15, 0.2) is 77.8 Å². The summed E-state index contributed by atoms with van der Waals surface area (Å²) < 4.78 is 32.6. The normalized spacial score (nSPS) is 18.3. The zero-order valence-electron chi connectivity index (χ0n) is 21.4. The lowest BCUT2D eigenvalue weighted by Gasteiger charge is -2.32. The molecular weight excluding hydrogens is 556 g/mol. The lowest BCUT2D eigenvalue weighted by atomic mass is 10.1. The number of fused-ring (bicyclic) bond motifs is 1. The van der Waals surface area contributed by atoms with Crippen molar-refractivity contribution in [1.29, 1.82) is 0 Å². The molecule has 0 bridgehead atoms. The van der Waals surface area contributed by atoms with Crippen molar-refractivity contribution >= 4 is 39.3 Å². The minimum absolute atomic E-state index is 0.0106. The second-order valence-corrected chi connectivity index (χ2v) is 11.7. The highest BCUT2D eigenvalue weighted by Gasteiger charge is 2.44. The maximum atomic E-state index is 14.0. The fraction of sp³-hybridized carbons (Fsp3) is 0.286. The summed E-state index contributed by atoms with van der Waals surface area (Å²) in [5.74, 6) is -2.10. The van der Waals surface area contributed by atoms with E-state index in [4.69, 9.17) is 16.3 Å². The van der Waals surface area contributed by atoms with E-state index >= 15 is 0 Å². The van der Waals surface area contributed by atoms with Crippen LogP contribution < -0.4 is 5.32 Å². The Hall–Kier alpha value is -3.80. The predicted octanol–water partition coefficient (Wildman–Crippen LogP) is 2.94. The molecule has 2 aliphatic heterocycles. The number of pyridine rings is 1. The molecule has 0 radical (unpaired) electrons. The first-order valence-corrected chi connectivity index (χ1v) is 14.6. The van der Waals surface area contributed by atoms with Crippen LogP contribution in [0.25, 0.3) is 0 Å². The van der Waals surface area contributed by atoms with Crippen molar-refractivity contribution in [3.63, 3.8) is 0 Å². The summed E-state index contributed by atoms with van der Waals surface area (Å²) >= 11 is 6.42. The number of benzene rings is 2. The zero-order valence-corrected chi connectivity index (χ0v) is 23.0. The van der Waals surface area contributed by atoms with Gasteiger partial charge < -0.3 is 15.0 Å². The molecule has 10 nitrogen and oxygen atoms in total. The lowest BCUT2D eigenvalue weighted by molar-refractivity contribution is -0.141. The monoisotopic (exact) mass is 582 g/mol. The topological polar surface area (TPSA) is 126 Å². The summed E-state index contributed by atoms with van der Waals surface area (Å²) in [7, 11) is -4.26. The Balaban J connectivity index is 1.50. The van der Waals surface area contributed by atoms with Crippen molar-refractivity contribution in [3.05, 3.63) is 94.8 Å². The number of halogens is 1. The Morgan fingerprint density at radius 2 is 1.85 bits per heavy atom. The molecule has 0 spiro atoms. The van der Waals surface area contributed by atoms with Crippen LogP contribution in [0.3, 0.4) is 0 Å². The number of ether oxygens (including phenoxy) is 1. The van der Waals surface area contributed by atoms with Crippen LogP contribution in [0.5, 0.6) is 0 Å². The molecule has 40 heavy (non-hydrogen) atoms. The number of amides is 3. The molecule has 3 amide bonds. The fourth-order valence-corrected chi connectivity index (χ4v) is 6.54. The van der Waals surface area contributed by atoms with Gasteiger partial charge in [0.05, 0.1) is 17.4 Å². The van der Waals surface area contributed by atoms with Gasteiger partial charge in [0.15, 0.2) is 6.04 Å². The Labute approximate surface area is 236 Å². The maximum absolute atomic E-state index is 14.0. The highest BCUT2D eigenvalue weighted by molar-refractivity contribution is 7.90. The molecule has 1 fully saturated rings. The summed E-state index contributed by atoms with van der Waals surface area (Å²) in [6.07, 6.45) is 3.04. The van der Waals surface area contributed by atoms with E-state index < -0.39 is 40.3 Å². The van der Waals surface area contributed by atoms with Gasteiger partial charge >= 0.3 is 0 Å². The summed E-state index contributed by atoms with van der Waals surface area (Å²) in [5, 5.41) is 3.22. The highest BCUT2D eigenvalue weighted by Crippen LogP contribution is 2.31. The van der Waals surface area contributed by atoms with Gasteiger partial charge in [-0.05, 0) is 48.7 Å². The van der Waals surface area contributed by atoms with E-state index in [2.05, 4.69) is 10.3 Å². The number of sulfonamides is 1. The fourth-order valence-electron chi connectivity index (χ4n) is 4.82. The molecule has 1 aromatic heterocycles. The van der Waals surface area contributed by atoms with Crippen molar-refractivity contribution in [1.82, 2.24) is 19.5 Å². The SMILES string of the molecule is O=C(NC[C@H]1CCCO1)[C@H](c1ccccn1)N(Cc1ccccc1Cl)C(=O)CN1C(=O)c2ccccc2S1(=O)=O. The molecule has 0 saturated carbocycles. The summed E-state index contributed by atoms with van der Waals surface area (Å²) in [6, 6.07) is 16.3. The summed E-state index contributed by atoms with van der Waals surface area (Å²) in [5.41, 5.74) is 0.791. The van der Waals surface area contributed by atoms with Crippen LogP contribution in [0, 0.1) is 0 Å². The minimum Gasteiger partial charge on any atom is -0.376 e. The second kappa shape index (κ2) is 11.7. The Morgan fingerprint density at radius 3 is 2.55 bits per heavy atom. The smallest absolute Gasteiger partial charge is 0.269 e. The molecule has 208 valence electrons. The van der Waals surface area contributed by atoms with Gasteiger partial charge in [-0.25, -0.2) is 12.7 Å². The Morgan fingerprint density at radius 1 is 1.10 bits per heavy atom. The number of carbonyl (C=O) groups excluding carboxylic acids is 3. The molecule has 5 rings (SSSR count). The molecule has 2 aliphatic rings. The van der Waals surface area contributed by atoms with E-state index in [1.54, 1.807) is 48.5 Å². The first-order valence-electron chi connectivity index (χ1n) is 12.8. The molecular formula is C28H27ClN4O6S. The summed E-state index contributed by atoms with van der Waals surface area (Å²) in [6.45, 7) is -0.0859. The number of aromatic nitrogens is 1. The third-order valence-corrected chi connectivity index (χ3v) is 9.02. The average molecular weight is 583 g/mol. The van der Waals surface area contributed by atoms with Crippen LogP contribution in [-0.4, -0.2) is 66.1 Å². The van der Waals surface area contributed by atoms with Gasteiger partial charge in [-0.2, -0.15) is 0 Å². The van der Waals surface area contributed by atoms with Gasteiger partial charge in [-0.15, -0.1) is 0 Å². The van der Waals surface area contributed by atoms with Crippen molar-refractivity contribution in [2.75, 3.05) is 19.7 Å². The van der Waals surface area contributed by atoms with Gasteiger partial charge in [0, 0.05) is 30.9 Å². The number of nitrogens with zero attached hydrogens (tertiary/aromatic N) is 3. The van der Waals surface area contributed by atoms with Crippen molar-refractivity contribution in [2.24, 2.45) is 0 Å². The van der Waals surface area contributed by atoms with Crippen LogP contribution in [-0.2, 0) is 30.9 Å². The number of rotatable bonds is 9. The summed E-state index contributed by atoms with van der Waals surface area (Å²) in [4.78, 5) is 46.1. The van der Waals surface area contributed by atoms with Crippen LogP contribution in [0.1, 0.15) is 40.5 Å². The second-order valence-electron chi connectivity index (χ2n) is 9.46. The van der Waals surface area contributed by atoms with Crippen LogP contribution >= 0.6 is 11.6 Å².